The number of anilines is 2. The van der Waals surface area contributed by atoms with Gasteiger partial charge in [0.25, 0.3) is 0 Å². The summed E-state index contributed by atoms with van der Waals surface area (Å²) in [4.78, 5) is 4.12. The van der Waals surface area contributed by atoms with Crippen LogP contribution >= 0.6 is 0 Å². The molecular weight excluding hydrogens is 409 g/mol. The van der Waals surface area contributed by atoms with Crippen LogP contribution in [-0.2, 0) is 25.8 Å². The summed E-state index contributed by atoms with van der Waals surface area (Å²) in [5.74, 6) is 7.34. The Kier molecular flexibility index (Phi) is 13.3. The molecule has 0 atom stereocenters. The minimum atomic E-state index is 0. The van der Waals surface area contributed by atoms with Crippen LogP contribution in [0.5, 0.6) is 0 Å². The van der Waals surface area contributed by atoms with Crippen LogP contribution in [0.2, 0.25) is 0 Å². The van der Waals surface area contributed by atoms with E-state index in [1.807, 2.05) is 64.6 Å². The molecule has 0 heterocycles. The number of para-hydroxylation sites is 2. The fraction of sp³-hybridized carbons (Fsp3) is 0.321. The summed E-state index contributed by atoms with van der Waals surface area (Å²) in [5.41, 5.74) is 4.52. The van der Waals surface area contributed by atoms with Gasteiger partial charge in [-0.2, -0.15) is 37.1 Å². The van der Waals surface area contributed by atoms with Gasteiger partial charge in [-0.15, -0.1) is 12.1 Å². The molecule has 0 amide bonds. The second kappa shape index (κ2) is 13.9. The summed E-state index contributed by atoms with van der Waals surface area (Å²) < 4.78 is 0. The molecular formula is C28H39N2Sc+. The van der Waals surface area contributed by atoms with E-state index in [0.717, 1.165) is 11.1 Å². The van der Waals surface area contributed by atoms with Gasteiger partial charge in [0, 0.05) is 0 Å². The van der Waals surface area contributed by atoms with E-state index in [4.69, 9.17) is 0 Å². The molecule has 3 heteroatoms. The molecule has 31 heavy (non-hydrogen) atoms. The topological polar surface area (TPSA) is 6.48 Å². The molecule has 1 aliphatic rings. The molecule has 2 aromatic rings. The molecule has 0 spiro atoms. The first-order valence-electron chi connectivity index (χ1n) is 10.3. The van der Waals surface area contributed by atoms with Gasteiger partial charge in [0.15, 0.2) is 0 Å². The molecule has 1 saturated carbocycles. The first kappa shape index (κ1) is 29.7. The molecule has 1 aliphatic carbocycles. The number of rotatable bonds is 2. The van der Waals surface area contributed by atoms with Crippen LogP contribution in [0, 0.1) is 43.4 Å². The van der Waals surface area contributed by atoms with Gasteiger partial charge in [0.2, 0.25) is 0 Å². The number of nitrogens with zero attached hydrogens (tertiary/aromatic N) is 2. The summed E-state index contributed by atoms with van der Waals surface area (Å²) in [6.07, 6.45) is 0. The Labute approximate surface area is 212 Å². The van der Waals surface area contributed by atoms with E-state index >= 15 is 0 Å². The standard InChI is InChI=1S/C10H15.2C9H12N.Sc/c1-6-7(2)9(4)10(5)8(6)3;2*1-8-6-4-5-7-9(8)10(2)3;/h1-5H3;2*4-7H,1H2,2-3H3;/q;2*-1;+3. The van der Waals surface area contributed by atoms with Crippen molar-refractivity contribution in [2.24, 2.45) is 0 Å². The van der Waals surface area contributed by atoms with Crippen LogP contribution in [0.1, 0.15) is 45.7 Å². The van der Waals surface area contributed by atoms with Crippen molar-refractivity contribution in [3.63, 3.8) is 0 Å². The van der Waals surface area contributed by atoms with Crippen LogP contribution in [0.4, 0.5) is 11.4 Å². The van der Waals surface area contributed by atoms with Crippen LogP contribution in [0.3, 0.4) is 0 Å². The van der Waals surface area contributed by atoms with Crippen molar-refractivity contribution < 1.29 is 25.8 Å². The van der Waals surface area contributed by atoms with E-state index in [1.165, 1.54) is 41.0 Å². The van der Waals surface area contributed by atoms with Gasteiger partial charge < -0.3 is 9.80 Å². The third-order valence-electron chi connectivity index (χ3n) is 5.76. The van der Waals surface area contributed by atoms with E-state index in [-0.39, 0.29) is 25.8 Å². The first-order valence-corrected chi connectivity index (χ1v) is 10.3. The number of benzene rings is 2. The van der Waals surface area contributed by atoms with Crippen LogP contribution in [0.25, 0.3) is 0 Å². The molecule has 163 valence electrons. The smallest absolute Gasteiger partial charge is 0.428 e. The molecule has 5 radical (unpaired) electrons. The Bertz CT molecular complexity index is 662. The normalized spacial score (nSPS) is 15.3. The summed E-state index contributed by atoms with van der Waals surface area (Å²) in [6.45, 7) is 18.8. The van der Waals surface area contributed by atoms with E-state index in [2.05, 4.69) is 70.4 Å². The maximum atomic E-state index is 3.90. The van der Waals surface area contributed by atoms with Crippen LogP contribution in [0.15, 0.2) is 48.5 Å². The van der Waals surface area contributed by atoms with Gasteiger partial charge in [-0.1, -0.05) is 70.3 Å². The minimum absolute atomic E-state index is 0. The SMILES string of the molecule is C[C]1[C](C)[C](C)[C](C)[C]1C.[CH2-]c1ccccc1N(C)C.[CH2-]c1ccccc1N(C)C.[Sc+3]. The number of hydrogen-bond acceptors (Lipinski definition) is 2. The molecule has 0 saturated heterocycles. The largest absolute Gasteiger partial charge is 3.00 e. The van der Waals surface area contributed by atoms with Crippen LogP contribution < -0.4 is 9.80 Å². The van der Waals surface area contributed by atoms with Gasteiger partial charge in [-0.05, 0) is 57.8 Å². The summed E-state index contributed by atoms with van der Waals surface area (Å²) >= 11 is 0. The van der Waals surface area contributed by atoms with Crippen molar-refractivity contribution in [1.82, 2.24) is 0 Å². The second-order valence-corrected chi connectivity index (χ2v) is 8.17. The predicted octanol–water partition coefficient (Wildman–Crippen LogP) is 6.84. The first-order chi connectivity index (χ1) is 14.0. The Morgan fingerprint density at radius 1 is 0.484 bits per heavy atom. The third-order valence-corrected chi connectivity index (χ3v) is 5.76. The van der Waals surface area contributed by atoms with Gasteiger partial charge in [-0.25, -0.2) is 0 Å². The van der Waals surface area contributed by atoms with Crippen molar-refractivity contribution in [2.75, 3.05) is 38.0 Å². The average Bonchev–Trinajstić information content (AvgIpc) is 2.87. The maximum absolute atomic E-state index is 3.90. The van der Waals surface area contributed by atoms with E-state index in [0.29, 0.717) is 0 Å². The Hall–Kier alpha value is -1.35. The average molecular weight is 449 g/mol. The maximum Gasteiger partial charge on any atom is 3.00 e. The Balaban J connectivity index is 0.000000429. The minimum Gasteiger partial charge on any atom is -0.428 e. The molecule has 0 aromatic heterocycles. The molecule has 0 N–H and O–H groups in total. The molecule has 3 rings (SSSR count). The summed E-state index contributed by atoms with van der Waals surface area (Å²) in [5, 5.41) is 0. The zero-order valence-corrected chi connectivity index (χ0v) is 22.8. The number of hydrogen-bond donors (Lipinski definition) is 0. The fourth-order valence-corrected chi connectivity index (χ4v) is 3.30. The zero-order chi connectivity index (χ0) is 23.0. The predicted molar refractivity (Wildman–Crippen MR) is 135 cm³/mol. The quantitative estimate of drug-likeness (QED) is 0.464. The van der Waals surface area contributed by atoms with Crippen molar-refractivity contribution >= 4 is 11.4 Å². The Morgan fingerprint density at radius 3 is 0.871 bits per heavy atom. The van der Waals surface area contributed by atoms with Gasteiger partial charge in [0.1, 0.15) is 0 Å². The molecule has 2 nitrogen and oxygen atoms in total. The molecule has 2 aromatic carbocycles. The van der Waals surface area contributed by atoms with Crippen LogP contribution in [-0.4, -0.2) is 28.2 Å². The van der Waals surface area contributed by atoms with Crippen molar-refractivity contribution in [3.05, 3.63) is 103 Å². The fourth-order valence-electron chi connectivity index (χ4n) is 3.30. The molecule has 0 bridgehead atoms. The van der Waals surface area contributed by atoms with Crippen molar-refractivity contribution in [2.45, 2.75) is 34.6 Å². The third kappa shape index (κ3) is 8.60. The van der Waals surface area contributed by atoms with E-state index < -0.39 is 0 Å². The van der Waals surface area contributed by atoms with E-state index in [1.54, 1.807) is 0 Å². The van der Waals surface area contributed by atoms with Crippen molar-refractivity contribution in [3.8, 4) is 0 Å². The van der Waals surface area contributed by atoms with Gasteiger partial charge in [-0.3, -0.25) is 0 Å². The zero-order valence-electron chi connectivity index (χ0n) is 21.0. The second-order valence-electron chi connectivity index (χ2n) is 8.17. The molecule has 0 unspecified atom stereocenters. The summed E-state index contributed by atoms with van der Waals surface area (Å²) in [7, 11) is 8.07. The monoisotopic (exact) mass is 448 g/mol. The van der Waals surface area contributed by atoms with Gasteiger partial charge >= 0.3 is 25.8 Å². The summed E-state index contributed by atoms with van der Waals surface area (Å²) in [6, 6.07) is 16.2. The van der Waals surface area contributed by atoms with Crippen molar-refractivity contribution in [1.29, 1.82) is 0 Å². The molecule has 1 fully saturated rings. The molecule has 0 aliphatic heterocycles. The van der Waals surface area contributed by atoms with E-state index in [9.17, 15) is 0 Å². The Morgan fingerprint density at radius 2 is 0.710 bits per heavy atom. The van der Waals surface area contributed by atoms with Gasteiger partial charge in [0.05, 0.1) is 0 Å².